The van der Waals surface area contributed by atoms with E-state index in [1.807, 2.05) is 18.7 Å². The minimum Gasteiger partial charge on any atom is -0.339 e. The molecule has 1 saturated carbocycles. The number of nitrogens with zero attached hydrogens (tertiary/aromatic N) is 2. The first-order chi connectivity index (χ1) is 7.69. The second-order valence-corrected chi connectivity index (χ2v) is 4.39. The molecule has 0 saturated heterocycles. The molecular formula is C12H21N3O. The summed E-state index contributed by atoms with van der Waals surface area (Å²) >= 11 is 0. The van der Waals surface area contributed by atoms with Crippen LogP contribution in [0.25, 0.3) is 0 Å². The lowest BCUT2D eigenvalue weighted by Gasteiger charge is -2.23. The van der Waals surface area contributed by atoms with Crippen molar-refractivity contribution in [3.8, 4) is 6.07 Å². The van der Waals surface area contributed by atoms with Crippen molar-refractivity contribution in [3.63, 3.8) is 0 Å². The largest absolute Gasteiger partial charge is 0.339 e. The molecule has 1 unspecified atom stereocenters. The van der Waals surface area contributed by atoms with Crippen LogP contribution < -0.4 is 5.32 Å². The van der Waals surface area contributed by atoms with Gasteiger partial charge in [0.25, 0.3) is 0 Å². The maximum absolute atomic E-state index is 12.0. The first-order valence-corrected chi connectivity index (χ1v) is 6.08. The number of nitriles is 1. The van der Waals surface area contributed by atoms with E-state index in [1.165, 1.54) is 0 Å². The zero-order valence-corrected chi connectivity index (χ0v) is 10.2. The van der Waals surface area contributed by atoms with Gasteiger partial charge in [0.2, 0.25) is 5.91 Å². The summed E-state index contributed by atoms with van der Waals surface area (Å²) in [6.45, 7) is 5.54. The fourth-order valence-electron chi connectivity index (χ4n) is 1.87. The lowest BCUT2D eigenvalue weighted by Crippen LogP contribution is -2.38. The van der Waals surface area contributed by atoms with Gasteiger partial charge in [-0.1, -0.05) is 6.92 Å². The van der Waals surface area contributed by atoms with Crippen molar-refractivity contribution in [2.24, 2.45) is 0 Å². The predicted octanol–water partition coefficient (Wildman–Crippen LogP) is 1.28. The molecule has 0 radical (unpaired) electrons. The molecule has 1 aliphatic carbocycles. The molecule has 1 aliphatic rings. The van der Waals surface area contributed by atoms with E-state index >= 15 is 0 Å². The standard InChI is InChI=1S/C12H21N3O/c1-3-14-10(2)9-12(16)15(8-4-7-13)11-5-6-11/h10-11,14H,3-6,8-9H2,1-2H3. The third-order valence-corrected chi connectivity index (χ3v) is 2.81. The third-order valence-electron chi connectivity index (χ3n) is 2.81. The lowest BCUT2D eigenvalue weighted by molar-refractivity contribution is -0.132. The fraction of sp³-hybridized carbons (Fsp3) is 0.833. The van der Waals surface area contributed by atoms with Gasteiger partial charge >= 0.3 is 0 Å². The van der Waals surface area contributed by atoms with Crippen molar-refractivity contribution in [1.29, 1.82) is 5.26 Å². The summed E-state index contributed by atoms with van der Waals surface area (Å²) in [5.74, 6) is 0.186. The van der Waals surface area contributed by atoms with Crippen molar-refractivity contribution in [3.05, 3.63) is 0 Å². The van der Waals surface area contributed by atoms with Gasteiger partial charge in [-0.05, 0) is 26.3 Å². The summed E-state index contributed by atoms with van der Waals surface area (Å²) in [5.41, 5.74) is 0. The third kappa shape index (κ3) is 4.19. The maximum Gasteiger partial charge on any atom is 0.224 e. The molecule has 4 nitrogen and oxygen atoms in total. The minimum atomic E-state index is 0.186. The summed E-state index contributed by atoms with van der Waals surface area (Å²) in [6, 6.07) is 2.74. The lowest BCUT2D eigenvalue weighted by atomic mass is 10.2. The number of carbonyl (C=O) groups excluding carboxylic acids is 1. The Morgan fingerprint density at radius 1 is 1.62 bits per heavy atom. The Kier molecular flexibility index (Phi) is 5.27. The molecule has 0 bridgehead atoms. The number of nitrogens with one attached hydrogen (secondary N) is 1. The van der Waals surface area contributed by atoms with Crippen molar-refractivity contribution in [2.45, 2.75) is 51.6 Å². The first kappa shape index (κ1) is 13.0. The molecule has 4 heteroatoms. The number of carbonyl (C=O) groups is 1. The van der Waals surface area contributed by atoms with Crippen molar-refractivity contribution >= 4 is 5.91 Å². The summed E-state index contributed by atoms with van der Waals surface area (Å²) in [7, 11) is 0. The Bertz CT molecular complexity index is 268. The molecule has 0 aliphatic heterocycles. The van der Waals surface area contributed by atoms with Gasteiger partial charge in [0.1, 0.15) is 0 Å². The average molecular weight is 223 g/mol. The summed E-state index contributed by atoms with van der Waals surface area (Å²) in [4.78, 5) is 13.9. The van der Waals surface area contributed by atoms with E-state index < -0.39 is 0 Å². The Morgan fingerprint density at radius 2 is 2.31 bits per heavy atom. The molecular weight excluding hydrogens is 202 g/mol. The van der Waals surface area contributed by atoms with Gasteiger partial charge in [-0.15, -0.1) is 0 Å². The fourth-order valence-corrected chi connectivity index (χ4v) is 1.87. The van der Waals surface area contributed by atoms with E-state index in [4.69, 9.17) is 5.26 Å². The van der Waals surface area contributed by atoms with E-state index in [1.54, 1.807) is 0 Å². The molecule has 1 N–H and O–H groups in total. The molecule has 16 heavy (non-hydrogen) atoms. The minimum absolute atomic E-state index is 0.186. The summed E-state index contributed by atoms with van der Waals surface area (Å²) in [6.07, 6.45) is 3.19. The van der Waals surface area contributed by atoms with Crippen LogP contribution in [0.1, 0.15) is 39.5 Å². The maximum atomic E-state index is 12.0. The number of amides is 1. The monoisotopic (exact) mass is 223 g/mol. The molecule has 0 aromatic rings. The topological polar surface area (TPSA) is 56.1 Å². The Hall–Kier alpha value is -1.08. The highest BCUT2D eigenvalue weighted by atomic mass is 16.2. The van der Waals surface area contributed by atoms with Gasteiger partial charge in [0.15, 0.2) is 0 Å². The normalized spacial score (nSPS) is 16.6. The van der Waals surface area contributed by atoms with Crippen LogP contribution in [0.3, 0.4) is 0 Å². The molecule has 1 rings (SSSR count). The van der Waals surface area contributed by atoms with Gasteiger partial charge in [0, 0.05) is 25.0 Å². The van der Waals surface area contributed by atoms with Crippen LogP contribution in [-0.4, -0.2) is 36.0 Å². The van der Waals surface area contributed by atoms with Crippen LogP contribution in [0.5, 0.6) is 0 Å². The Balaban J connectivity index is 2.38. The zero-order valence-electron chi connectivity index (χ0n) is 10.2. The zero-order chi connectivity index (χ0) is 12.0. The molecule has 0 spiro atoms. The van der Waals surface area contributed by atoms with E-state index in [0.29, 0.717) is 25.4 Å². The van der Waals surface area contributed by atoms with E-state index in [9.17, 15) is 4.79 Å². The van der Waals surface area contributed by atoms with Crippen LogP contribution in [0.15, 0.2) is 0 Å². The van der Waals surface area contributed by atoms with Crippen molar-refractivity contribution in [1.82, 2.24) is 10.2 Å². The second kappa shape index (κ2) is 6.49. The molecule has 0 aromatic carbocycles. The SMILES string of the molecule is CCNC(C)CC(=O)N(CCC#N)C1CC1. The molecule has 0 heterocycles. The van der Waals surface area contributed by atoms with Crippen LogP contribution in [0, 0.1) is 11.3 Å². The van der Waals surface area contributed by atoms with Crippen LogP contribution in [-0.2, 0) is 4.79 Å². The molecule has 0 aromatic heterocycles. The first-order valence-electron chi connectivity index (χ1n) is 6.08. The number of rotatable bonds is 7. The molecule has 1 amide bonds. The Morgan fingerprint density at radius 3 is 2.81 bits per heavy atom. The van der Waals surface area contributed by atoms with Crippen LogP contribution in [0.4, 0.5) is 0 Å². The predicted molar refractivity (Wildman–Crippen MR) is 62.7 cm³/mol. The quantitative estimate of drug-likeness (QED) is 0.707. The molecule has 90 valence electrons. The van der Waals surface area contributed by atoms with Gasteiger partial charge in [-0.25, -0.2) is 0 Å². The van der Waals surface area contributed by atoms with E-state index in [0.717, 1.165) is 19.4 Å². The molecule has 1 atom stereocenters. The van der Waals surface area contributed by atoms with Crippen LogP contribution >= 0.6 is 0 Å². The average Bonchev–Trinajstić information content (AvgIpc) is 3.02. The van der Waals surface area contributed by atoms with Gasteiger partial charge in [0.05, 0.1) is 12.5 Å². The van der Waals surface area contributed by atoms with Crippen molar-refractivity contribution in [2.75, 3.05) is 13.1 Å². The van der Waals surface area contributed by atoms with E-state index in [-0.39, 0.29) is 11.9 Å². The highest BCUT2D eigenvalue weighted by molar-refractivity contribution is 5.77. The smallest absolute Gasteiger partial charge is 0.224 e. The molecule has 1 fully saturated rings. The van der Waals surface area contributed by atoms with Crippen LogP contribution in [0.2, 0.25) is 0 Å². The van der Waals surface area contributed by atoms with E-state index in [2.05, 4.69) is 11.4 Å². The highest BCUT2D eigenvalue weighted by Crippen LogP contribution is 2.27. The van der Waals surface area contributed by atoms with Gasteiger partial charge in [-0.3, -0.25) is 4.79 Å². The number of hydrogen-bond donors (Lipinski definition) is 1. The Labute approximate surface area is 97.6 Å². The summed E-state index contributed by atoms with van der Waals surface area (Å²) < 4.78 is 0. The summed E-state index contributed by atoms with van der Waals surface area (Å²) in [5, 5.41) is 11.8. The van der Waals surface area contributed by atoms with Crippen molar-refractivity contribution < 1.29 is 4.79 Å². The van der Waals surface area contributed by atoms with Gasteiger partial charge < -0.3 is 10.2 Å². The second-order valence-electron chi connectivity index (χ2n) is 4.39. The number of hydrogen-bond acceptors (Lipinski definition) is 3. The highest BCUT2D eigenvalue weighted by Gasteiger charge is 2.32. The van der Waals surface area contributed by atoms with Gasteiger partial charge in [-0.2, -0.15) is 5.26 Å².